The molecule has 0 unspecified atom stereocenters. The number of halogens is 2. The summed E-state index contributed by atoms with van der Waals surface area (Å²) < 4.78 is 1.54. The van der Waals surface area contributed by atoms with Crippen LogP contribution in [0.4, 0.5) is 0 Å². The van der Waals surface area contributed by atoms with Gasteiger partial charge >= 0.3 is 0 Å². The lowest BCUT2D eigenvalue weighted by atomic mass is 10.2. The first-order valence-corrected chi connectivity index (χ1v) is 7.06. The maximum Gasteiger partial charge on any atom is 0.276 e. The molecule has 0 aliphatic rings. The van der Waals surface area contributed by atoms with E-state index in [0.717, 1.165) is 5.56 Å². The molecule has 1 aromatic heterocycles. The Morgan fingerprint density at radius 3 is 2.86 bits per heavy atom. The van der Waals surface area contributed by atoms with Crippen molar-refractivity contribution in [1.82, 2.24) is 19.9 Å². The molecule has 2 N–H and O–H groups in total. The molecule has 0 aliphatic heterocycles. The van der Waals surface area contributed by atoms with E-state index in [1.165, 1.54) is 9.58 Å². The van der Waals surface area contributed by atoms with Crippen LogP contribution in [0.15, 0.2) is 24.4 Å². The number of amides is 1. The second-order valence-electron chi connectivity index (χ2n) is 4.55. The van der Waals surface area contributed by atoms with Crippen LogP contribution >= 0.6 is 23.2 Å². The molecule has 2 rings (SSSR count). The summed E-state index contributed by atoms with van der Waals surface area (Å²) in [6.45, 7) is 1.32. The van der Waals surface area contributed by atoms with E-state index < -0.39 is 0 Å². The molecule has 0 fully saturated rings. The average Bonchev–Trinajstić information content (AvgIpc) is 2.90. The van der Waals surface area contributed by atoms with Gasteiger partial charge in [0, 0.05) is 30.2 Å². The van der Waals surface area contributed by atoms with E-state index in [9.17, 15) is 4.79 Å². The molecule has 0 atom stereocenters. The summed E-state index contributed by atoms with van der Waals surface area (Å²) in [7, 11) is 1.68. The smallest absolute Gasteiger partial charge is 0.276 e. The molecule has 1 amide bonds. The molecule has 1 heterocycles. The van der Waals surface area contributed by atoms with Crippen LogP contribution in [0.5, 0.6) is 0 Å². The first kappa shape index (κ1) is 15.8. The Morgan fingerprint density at radius 2 is 2.19 bits per heavy atom. The molecule has 0 spiro atoms. The summed E-state index contributed by atoms with van der Waals surface area (Å²) >= 11 is 11.9. The van der Waals surface area contributed by atoms with Gasteiger partial charge in [0.15, 0.2) is 5.69 Å². The normalized spacial score (nSPS) is 10.7. The largest absolute Gasteiger partial charge is 0.336 e. The van der Waals surface area contributed by atoms with Crippen molar-refractivity contribution in [2.24, 2.45) is 5.73 Å². The zero-order chi connectivity index (χ0) is 15.4. The number of hydrogen-bond acceptors (Lipinski definition) is 4. The first-order valence-electron chi connectivity index (χ1n) is 6.31. The minimum absolute atomic E-state index is 0.232. The number of benzene rings is 1. The average molecular weight is 328 g/mol. The Balaban J connectivity index is 2.08. The highest BCUT2D eigenvalue weighted by atomic mass is 35.5. The first-order chi connectivity index (χ1) is 10.0. The van der Waals surface area contributed by atoms with Gasteiger partial charge in [0.05, 0.1) is 12.7 Å². The Bertz CT molecular complexity index is 643. The molecule has 0 aliphatic carbocycles. The maximum absolute atomic E-state index is 12.3. The van der Waals surface area contributed by atoms with Gasteiger partial charge < -0.3 is 10.6 Å². The van der Waals surface area contributed by atoms with Crippen LogP contribution in [0, 0.1) is 0 Å². The molecule has 8 heteroatoms. The van der Waals surface area contributed by atoms with Crippen LogP contribution in [-0.4, -0.2) is 39.4 Å². The van der Waals surface area contributed by atoms with Gasteiger partial charge in [-0.05, 0) is 17.7 Å². The third kappa shape index (κ3) is 3.93. The SMILES string of the molecule is CN(Cc1ccc(Cl)cc1Cl)C(=O)c1cn(CCN)nn1. The fourth-order valence-electron chi connectivity index (χ4n) is 1.81. The van der Waals surface area contributed by atoms with Gasteiger partial charge in [-0.3, -0.25) is 9.48 Å². The quantitative estimate of drug-likeness (QED) is 0.908. The molecular formula is C13H15Cl2N5O. The fourth-order valence-corrected chi connectivity index (χ4v) is 2.28. The summed E-state index contributed by atoms with van der Waals surface area (Å²) in [6.07, 6.45) is 1.58. The van der Waals surface area contributed by atoms with Crippen LogP contribution in [0.3, 0.4) is 0 Å². The van der Waals surface area contributed by atoms with Crippen molar-refractivity contribution in [1.29, 1.82) is 0 Å². The predicted molar refractivity (Wildman–Crippen MR) is 81.3 cm³/mol. The highest BCUT2D eigenvalue weighted by Gasteiger charge is 2.17. The van der Waals surface area contributed by atoms with Crippen LogP contribution in [-0.2, 0) is 13.1 Å². The van der Waals surface area contributed by atoms with Gasteiger partial charge in [0.25, 0.3) is 5.91 Å². The van der Waals surface area contributed by atoms with Gasteiger partial charge in [-0.25, -0.2) is 0 Å². The second-order valence-corrected chi connectivity index (χ2v) is 5.40. The Hall–Kier alpha value is -1.63. The van der Waals surface area contributed by atoms with Crippen LogP contribution in [0.1, 0.15) is 16.1 Å². The van der Waals surface area contributed by atoms with Crippen molar-refractivity contribution in [2.75, 3.05) is 13.6 Å². The molecule has 6 nitrogen and oxygen atoms in total. The molecule has 21 heavy (non-hydrogen) atoms. The number of carbonyl (C=O) groups excluding carboxylic acids is 1. The maximum atomic E-state index is 12.3. The number of nitrogens with two attached hydrogens (primary N) is 1. The molecule has 112 valence electrons. The van der Waals surface area contributed by atoms with E-state index in [4.69, 9.17) is 28.9 Å². The van der Waals surface area contributed by atoms with E-state index in [2.05, 4.69) is 10.3 Å². The number of nitrogens with zero attached hydrogens (tertiary/aromatic N) is 4. The van der Waals surface area contributed by atoms with Crippen LogP contribution < -0.4 is 5.73 Å². The number of hydrogen-bond donors (Lipinski definition) is 1. The third-order valence-corrected chi connectivity index (χ3v) is 3.47. The zero-order valence-electron chi connectivity index (χ0n) is 11.5. The fraction of sp³-hybridized carbons (Fsp3) is 0.308. The summed E-state index contributed by atoms with van der Waals surface area (Å²) in [5, 5.41) is 8.77. The zero-order valence-corrected chi connectivity index (χ0v) is 13.0. The van der Waals surface area contributed by atoms with E-state index in [0.29, 0.717) is 29.7 Å². The Kier molecular flexibility index (Phi) is 5.17. The lowest BCUT2D eigenvalue weighted by Crippen LogP contribution is -2.26. The Morgan fingerprint density at radius 1 is 1.43 bits per heavy atom. The lowest BCUT2D eigenvalue weighted by molar-refractivity contribution is 0.0779. The summed E-state index contributed by atoms with van der Waals surface area (Å²) in [5.41, 5.74) is 6.51. The van der Waals surface area contributed by atoms with E-state index >= 15 is 0 Å². The van der Waals surface area contributed by atoms with Gasteiger partial charge in [-0.2, -0.15) is 0 Å². The minimum atomic E-state index is -0.232. The van der Waals surface area contributed by atoms with Gasteiger partial charge in [-0.15, -0.1) is 5.10 Å². The van der Waals surface area contributed by atoms with Crippen molar-refractivity contribution in [3.8, 4) is 0 Å². The standard InChI is InChI=1S/C13H15Cl2N5O/c1-19(7-9-2-3-10(14)6-11(9)15)13(21)12-8-20(5-4-16)18-17-12/h2-3,6,8H,4-5,7,16H2,1H3. The second kappa shape index (κ2) is 6.89. The van der Waals surface area contributed by atoms with Crippen molar-refractivity contribution >= 4 is 29.1 Å². The van der Waals surface area contributed by atoms with Crippen molar-refractivity contribution in [2.45, 2.75) is 13.1 Å². The van der Waals surface area contributed by atoms with E-state index in [1.807, 2.05) is 0 Å². The third-order valence-electron chi connectivity index (χ3n) is 2.89. The molecule has 0 saturated carbocycles. The molecular weight excluding hydrogens is 313 g/mol. The van der Waals surface area contributed by atoms with Crippen molar-refractivity contribution in [3.05, 3.63) is 45.7 Å². The summed E-state index contributed by atoms with van der Waals surface area (Å²) in [5.74, 6) is -0.232. The van der Waals surface area contributed by atoms with E-state index in [-0.39, 0.29) is 11.6 Å². The molecule has 2 aromatic rings. The molecule has 1 aromatic carbocycles. The molecule has 0 bridgehead atoms. The number of aromatic nitrogens is 3. The highest BCUT2D eigenvalue weighted by Crippen LogP contribution is 2.22. The summed E-state index contributed by atoms with van der Waals surface area (Å²) in [4.78, 5) is 13.8. The topological polar surface area (TPSA) is 77.0 Å². The Labute approximate surface area is 132 Å². The van der Waals surface area contributed by atoms with Crippen LogP contribution in [0.2, 0.25) is 10.0 Å². The summed E-state index contributed by atoms with van der Waals surface area (Å²) in [6, 6.07) is 5.17. The number of carbonyl (C=O) groups is 1. The van der Waals surface area contributed by atoms with Crippen molar-refractivity contribution in [3.63, 3.8) is 0 Å². The monoisotopic (exact) mass is 327 g/mol. The van der Waals surface area contributed by atoms with Gasteiger partial charge in [0.2, 0.25) is 0 Å². The minimum Gasteiger partial charge on any atom is -0.336 e. The highest BCUT2D eigenvalue weighted by molar-refractivity contribution is 6.35. The van der Waals surface area contributed by atoms with E-state index in [1.54, 1.807) is 31.4 Å². The van der Waals surface area contributed by atoms with Gasteiger partial charge in [-0.1, -0.05) is 34.5 Å². The lowest BCUT2D eigenvalue weighted by Gasteiger charge is -2.16. The van der Waals surface area contributed by atoms with Crippen LogP contribution in [0.25, 0.3) is 0 Å². The number of rotatable bonds is 5. The molecule has 0 radical (unpaired) electrons. The molecule has 0 saturated heterocycles. The predicted octanol–water partition coefficient (Wildman–Crippen LogP) is 1.82. The van der Waals surface area contributed by atoms with Crippen molar-refractivity contribution < 1.29 is 4.79 Å². The van der Waals surface area contributed by atoms with Gasteiger partial charge in [0.1, 0.15) is 0 Å².